The molecule has 412 valence electrons. The van der Waals surface area contributed by atoms with E-state index in [2.05, 4.69) is 39.8 Å². The highest BCUT2D eigenvalue weighted by molar-refractivity contribution is 4.89. The lowest BCUT2D eigenvalue weighted by molar-refractivity contribution is -0.188. The van der Waals surface area contributed by atoms with E-state index in [1.165, 1.54) is 231 Å². The highest BCUT2D eigenvalue weighted by Gasteiger charge is 2.12. The highest BCUT2D eigenvalue weighted by atomic mass is 16.8. The quantitative estimate of drug-likeness (QED) is 0.0342. The van der Waals surface area contributed by atoms with Crippen LogP contribution in [0.15, 0.2) is 24.3 Å². The Balaban J connectivity index is 3.83. The molecule has 0 aliphatic heterocycles. The van der Waals surface area contributed by atoms with E-state index in [0.29, 0.717) is 0 Å². The molecule has 0 fully saturated rings. The second-order valence-corrected chi connectivity index (χ2v) is 20.4. The van der Waals surface area contributed by atoms with Crippen molar-refractivity contribution in [3.63, 3.8) is 0 Å². The summed E-state index contributed by atoms with van der Waals surface area (Å²) in [7, 11) is 3.41. The Morgan fingerprint density at radius 3 is 0.754 bits per heavy atom. The topological polar surface area (TPSA) is 64.6 Å². The molecule has 69 heavy (non-hydrogen) atoms. The van der Waals surface area contributed by atoms with Crippen LogP contribution in [0.25, 0.3) is 0 Å². The molecule has 7 nitrogen and oxygen atoms in total. The third kappa shape index (κ3) is 53.3. The van der Waals surface area contributed by atoms with E-state index in [1.807, 2.05) is 12.2 Å². The van der Waals surface area contributed by atoms with E-state index in [0.717, 1.165) is 77.8 Å². The van der Waals surface area contributed by atoms with Crippen molar-refractivity contribution in [3.05, 3.63) is 24.3 Å². The van der Waals surface area contributed by atoms with Crippen molar-refractivity contribution in [1.29, 1.82) is 0 Å². The van der Waals surface area contributed by atoms with Gasteiger partial charge in [0.2, 0.25) is 0 Å². The number of unbranched alkanes of at least 4 members (excludes halogenated alkanes) is 36. The summed E-state index contributed by atoms with van der Waals surface area (Å²) in [6, 6.07) is 0. The second-order valence-electron chi connectivity index (χ2n) is 20.4. The van der Waals surface area contributed by atoms with E-state index >= 15 is 0 Å². The number of allylic oxidation sites excluding steroid dienone is 2. The first-order valence-corrected chi connectivity index (χ1v) is 30.7. The van der Waals surface area contributed by atoms with Crippen LogP contribution >= 0.6 is 0 Å². The lowest BCUT2D eigenvalue weighted by Crippen LogP contribution is -2.22. The molecular formula is C62H122O7. The average molecular weight is 980 g/mol. The van der Waals surface area contributed by atoms with E-state index in [-0.39, 0.29) is 25.2 Å². The number of methoxy groups -OCH3 is 2. The van der Waals surface area contributed by atoms with Crippen LogP contribution in [-0.2, 0) is 33.2 Å². The van der Waals surface area contributed by atoms with Gasteiger partial charge in [-0.2, -0.15) is 0 Å². The Morgan fingerprint density at radius 2 is 0.507 bits per heavy atom. The molecule has 0 aromatic heterocycles. The molecule has 0 heterocycles. The van der Waals surface area contributed by atoms with Crippen molar-refractivity contribution in [3.8, 4) is 0 Å². The first kappa shape index (κ1) is 68.2. The van der Waals surface area contributed by atoms with Gasteiger partial charge in [0.15, 0.2) is 25.2 Å². The molecular weight excluding hydrogens is 857 g/mol. The minimum Gasteiger partial charge on any atom is -0.353 e. The summed E-state index contributed by atoms with van der Waals surface area (Å²) in [5.74, 6) is 0. The molecule has 0 aromatic rings. The molecule has 0 aliphatic rings. The third-order valence-electron chi connectivity index (χ3n) is 13.6. The maximum atomic E-state index is 6.15. The highest BCUT2D eigenvalue weighted by Crippen LogP contribution is 2.18. The lowest BCUT2D eigenvalue weighted by atomic mass is 10.0. The Labute approximate surface area is 431 Å². The van der Waals surface area contributed by atoms with Gasteiger partial charge in [-0.05, 0) is 89.2 Å². The van der Waals surface area contributed by atoms with Crippen molar-refractivity contribution < 1.29 is 33.2 Å². The van der Waals surface area contributed by atoms with Gasteiger partial charge in [0.05, 0.1) is 0 Å². The van der Waals surface area contributed by atoms with Gasteiger partial charge < -0.3 is 33.2 Å². The Bertz CT molecular complexity index is 886. The summed E-state index contributed by atoms with van der Waals surface area (Å²) in [6.07, 6.45) is 64.1. The fourth-order valence-corrected chi connectivity index (χ4v) is 8.99. The number of rotatable bonds is 60. The van der Waals surface area contributed by atoms with Crippen LogP contribution in [0.4, 0.5) is 0 Å². The standard InChI is InChI=1S/C62H122O7/c1-7-11-15-47-55-65-61(66-56-48-16-12-8-2)53-45-41-37-33-29-25-21-19-23-27-31-35-39-43-51-59(63-5)69-60(64-6)52-44-40-36-32-28-24-20-22-26-30-34-38-42-46-54-62(67-57-49-17-13-9-3)68-58-50-18-14-10-4/h43-44,51-52,59-62H,7-42,45-50,53-58H2,1-6H3. The minimum atomic E-state index is -0.387. The van der Waals surface area contributed by atoms with Crippen molar-refractivity contribution in [1.82, 2.24) is 0 Å². The summed E-state index contributed by atoms with van der Waals surface area (Å²) < 4.78 is 41.9. The molecule has 2 atom stereocenters. The molecule has 0 amide bonds. The molecule has 2 unspecified atom stereocenters. The van der Waals surface area contributed by atoms with E-state index in [1.54, 1.807) is 14.2 Å². The second kappa shape index (κ2) is 59.8. The first-order chi connectivity index (χ1) is 34.1. The molecule has 0 radical (unpaired) electrons. The molecule has 0 aliphatic carbocycles. The van der Waals surface area contributed by atoms with Crippen LogP contribution < -0.4 is 0 Å². The zero-order chi connectivity index (χ0) is 50.0. The van der Waals surface area contributed by atoms with Gasteiger partial charge in [-0.3, -0.25) is 0 Å². The van der Waals surface area contributed by atoms with Gasteiger partial charge in [-0.1, -0.05) is 245 Å². The smallest absolute Gasteiger partial charge is 0.179 e. The number of hydrogen-bond acceptors (Lipinski definition) is 7. The van der Waals surface area contributed by atoms with Crippen molar-refractivity contribution >= 4 is 0 Å². The maximum Gasteiger partial charge on any atom is 0.179 e. The van der Waals surface area contributed by atoms with Gasteiger partial charge in [-0.15, -0.1) is 0 Å². The zero-order valence-electron chi connectivity index (χ0n) is 47.4. The molecule has 0 N–H and O–H groups in total. The summed E-state index contributed by atoms with van der Waals surface area (Å²) in [5, 5.41) is 0. The zero-order valence-corrected chi connectivity index (χ0v) is 47.4. The van der Waals surface area contributed by atoms with Crippen LogP contribution in [0, 0.1) is 0 Å². The third-order valence-corrected chi connectivity index (χ3v) is 13.6. The van der Waals surface area contributed by atoms with Crippen molar-refractivity contribution in [2.75, 3.05) is 40.6 Å². The predicted molar refractivity (Wildman–Crippen MR) is 298 cm³/mol. The van der Waals surface area contributed by atoms with Crippen LogP contribution in [0.5, 0.6) is 0 Å². The van der Waals surface area contributed by atoms with Gasteiger partial charge in [-0.25, -0.2) is 0 Å². The lowest BCUT2D eigenvalue weighted by Gasteiger charge is -2.19. The summed E-state index contributed by atoms with van der Waals surface area (Å²) in [6.45, 7) is 12.5. The molecule has 7 heteroatoms. The number of ether oxygens (including phenoxy) is 7. The Hall–Kier alpha value is -0.800. The summed E-state index contributed by atoms with van der Waals surface area (Å²) >= 11 is 0. The number of hydrogen-bond donors (Lipinski definition) is 0. The van der Waals surface area contributed by atoms with E-state index in [4.69, 9.17) is 33.2 Å². The first-order valence-electron chi connectivity index (χ1n) is 30.7. The van der Waals surface area contributed by atoms with Crippen molar-refractivity contribution in [2.45, 2.75) is 335 Å². The predicted octanol–water partition coefficient (Wildman–Crippen LogP) is 20.0. The van der Waals surface area contributed by atoms with E-state index in [9.17, 15) is 0 Å². The van der Waals surface area contributed by atoms with Crippen LogP contribution in [0.2, 0.25) is 0 Å². The molecule has 0 spiro atoms. The SMILES string of the molecule is CCCCCCOC(CCCCCCCCCCCCCCC=CC(OC)OC(C=CCCCCCCCCCCCCCCC(OCCCCCC)OCCCCCC)OC)OCCCCCC. The Kier molecular flexibility index (Phi) is 59.1. The molecule has 0 saturated heterocycles. The normalized spacial score (nSPS) is 13.1. The van der Waals surface area contributed by atoms with Crippen LogP contribution in [0.3, 0.4) is 0 Å². The Morgan fingerprint density at radius 1 is 0.275 bits per heavy atom. The van der Waals surface area contributed by atoms with E-state index < -0.39 is 0 Å². The largest absolute Gasteiger partial charge is 0.353 e. The van der Waals surface area contributed by atoms with Crippen LogP contribution in [-0.4, -0.2) is 65.8 Å². The minimum absolute atomic E-state index is 0.00988. The fraction of sp³-hybridized carbons (Fsp3) is 0.935. The summed E-state index contributed by atoms with van der Waals surface area (Å²) in [4.78, 5) is 0. The van der Waals surface area contributed by atoms with Crippen molar-refractivity contribution in [2.24, 2.45) is 0 Å². The van der Waals surface area contributed by atoms with Gasteiger partial charge >= 0.3 is 0 Å². The monoisotopic (exact) mass is 979 g/mol. The van der Waals surface area contributed by atoms with Gasteiger partial charge in [0.25, 0.3) is 0 Å². The van der Waals surface area contributed by atoms with Crippen LogP contribution in [0.1, 0.15) is 310 Å². The molecule has 0 bridgehead atoms. The molecule has 0 aromatic carbocycles. The maximum absolute atomic E-state index is 6.15. The van der Waals surface area contributed by atoms with Gasteiger partial charge in [0, 0.05) is 40.6 Å². The fourth-order valence-electron chi connectivity index (χ4n) is 8.99. The molecule has 0 rings (SSSR count). The van der Waals surface area contributed by atoms with Gasteiger partial charge in [0.1, 0.15) is 0 Å². The molecule has 0 saturated carbocycles. The average Bonchev–Trinajstić information content (AvgIpc) is 3.36. The summed E-state index contributed by atoms with van der Waals surface area (Å²) in [5.41, 5.74) is 0.